The predicted octanol–water partition coefficient (Wildman–Crippen LogP) is 2.27. The molecule has 27 heavy (non-hydrogen) atoms. The first-order chi connectivity index (χ1) is 13.1. The first-order valence-electron chi connectivity index (χ1n) is 8.58. The number of carbonyl (C=O) groups is 1. The van der Waals surface area contributed by atoms with Gasteiger partial charge in [-0.15, -0.1) is 0 Å². The Morgan fingerprint density at radius 2 is 2.07 bits per heavy atom. The van der Waals surface area contributed by atoms with Gasteiger partial charge in [-0.3, -0.25) is 9.59 Å². The summed E-state index contributed by atoms with van der Waals surface area (Å²) >= 11 is 0. The lowest BCUT2D eigenvalue weighted by Crippen LogP contribution is -2.25. The second-order valence-corrected chi connectivity index (χ2v) is 6.63. The maximum absolute atomic E-state index is 13.6. The molecule has 0 spiro atoms. The number of hydrogen-bond acceptors (Lipinski definition) is 4. The molecule has 5 rings (SSSR count). The molecule has 2 aromatic carbocycles. The number of nitrogens with zero attached hydrogens (tertiary/aromatic N) is 3. The maximum Gasteiger partial charge on any atom is 0.281 e. The highest BCUT2D eigenvalue weighted by Crippen LogP contribution is 2.24. The van der Waals surface area contributed by atoms with Crippen LogP contribution in [-0.2, 0) is 0 Å². The van der Waals surface area contributed by atoms with Gasteiger partial charge in [0, 0.05) is 17.2 Å². The van der Waals surface area contributed by atoms with E-state index in [1.54, 1.807) is 30.3 Å². The van der Waals surface area contributed by atoms with Crippen LogP contribution in [0.25, 0.3) is 27.8 Å². The van der Waals surface area contributed by atoms with Gasteiger partial charge in [-0.1, -0.05) is 12.1 Å². The number of benzene rings is 2. The van der Waals surface area contributed by atoms with Crippen molar-refractivity contribution in [3.05, 3.63) is 64.2 Å². The minimum absolute atomic E-state index is 0.178. The fourth-order valence-electron chi connectivity index (χ4n) is 3.10. The highest BCUT2D eigenvalue weighted by Gasteiger charge is 2.24. The minimum atomic E-state index is -0.432. The van der Waals surface area contributed by atoms with Crippen molar-refractivity contribution in [1.82, 2.24) is 25.1 Å². The molecule has 1 aliphatic rings. The van der Waals surface area contributed by atoms with Crippen LogP contribution in [0.4, 0.5) is 4.39 Å². The molecule has 0 atom stereocenters. The summed E-state index contributed by atoms with van der Waals surface area (Å²) in [6, 6.07) is 11.0. The number of halogens is 1. The number of H-pyrrole nitrogens is 1. The molecule has 1 amide bonds. The first kappa shape index (κ1) is 15.7. The van der Waals surface area contributed by atoms with E-state index in [9.17, 15) is 14.0 Å². The Morgan fingerprint density at radius 1 is 1.22 bits per heavy atom. The van der Waals surface area contributed by atoms with Crippen LogP contribution in [0.3, 0.4) is 0 Å². The molecule has 4 aromatic rings. The lowest BCUT2D eigenvalue weighted by atomic mass is 10.1. The SMILES string of the molecule is O=C(NC1CC1)c1ccc2c(=O)nc3c(-c4cccc(F)c4)n[nH]n3c2c1. The Hall–Kier alpha value is -3.55. The number of hydrogen-bond donors (Lipinski definition) is 2. The molecule has 1 saturated carbocycles. The van der Waals surface area contributed by atoms with Crippen molar-refractivity contribution >= 4 is 22.5 Å². The van der Waals surface area contributed by atoms with Crippen LogP contribution in [0.5, 0.6) is 0 Å². The van der Waals surface area contributed by atoms with Gasteiger partial charge in [0.2, 0.25) is 0 Å². The summed E-state index contributed by atoms with van der Waals surface area (Å²) < 4.78 is 15.1. The zero-order valence-electron chi connectivity index (χ0n) is 14.1. The number of rotatable bonds is 3. The second kappa shape index (κ2) is 5.73. The van der Waals surface area contributed by atoms with Crippen LogP contribution in [0.2, 0.25) is 0 Å². The predicted molar refractivity (Wildman–Crippen MR) is 97.0 cm³/mol. The number of aromatic nitrogens is 4. The van der Waals surface area contributed by atoms with Gasteiger partial charge >= 0.3 is 0 Å². The van der Waals surface area contributed by atoms with Crippen LogP contribution < -0.4 is 10.9 Å². The quantitative estimate of drug-likeness (QED) is 0.584. The molecule has 0 bridgehead atoms. The molecule has 1 aliphatic carbocycles. The monoisotopic (exact) mass is 363 g/mol. The van der Waals surface area contributed by atoms with Gasteiger partial charge < -0.3 is 5.32 Å². The lowest BCUT2D eigenvalue weighted by molar-refractivity contribution is 0.0951. The van der Waals surface area contributed by atoms with Crippen molar-refractivity contribution in [3.8, 4) is 11.3 Å². The Labute approximate surface area is 151 Å². The van der Waals surface area contributed by atoms with E-state index in [0.717, 1.165) is 12.8 Å². The summed E-state index contributed by atoms with van der Waals surface area (Å²) in [5, 5.41) is 10.3. The zero-order valence-corrected chi connectivity index (χ0v) is 14.1. The van der Waals surface area contributed by atoms with Crippen LogP contribution in [0.15, 0.2) is 47.3 Å². The van der Waals surface area contributed by atoms with E-state index < -0.39 is 11.4 Å². The van der Waals surface area contributed by atoms with Gasteiger partial charge in [-0.2, -0.15) is 10.1 Å². The summed E-state index contributed by atoms with van der Waals surface area (Å²) in [6.07, 6.45) is 1.98. The van der Waals surface area contributed by atoms with Crippen LogP contribution in [0.1, 0.15) is 23.2 Å². The Bertz CT molecular complexity index is 1270. The molecule has 0 saturated heterocycles. The third kappa shape index (κ3) is 2.66. The van der Waals surface area contributed by atoms with Gasteiger partial charge in [0.15, 0.2) is 5.65 Å². The Morgan fingerprint density at radius 3 is 2.85 bits per heavy atom. The highest BCUT2D eigenvalue weighted by atomic mass is 19.1. The summed E-state index contributed by atoms with van der Waals surface area (Å²) in [4.78, 5) is 28.9. The molecule has 2 aromatic heterocycles. The van der Waals surface area contributed by atoms with E-state index in [0.29, 0.717) is 27.7 Å². The first-order valence-corrected chi connectivity index (χ1v) is 8.58. The van der Waals surface area contributed by atoms with E-state index in [1.165, 1.54) is 16.6 Å². The van der Waals surface area contributed by atoms with Crippen molar-refractivity contribution in [3.63, 3.8) is 0 Å². The molecule has 0 aliphatic heterocycles. The van der Waals surface area contributed by atoms with Crippen LogP contribution in [0, 0.1) is 5.82 Å². The van der Waals surface area contributed by atoms with Crippen molar-refractivity contribution in [2.75, 3.05) is 0 Å². The molecule has 134 valence electrons. The fourth-order valence-corrected chi connectivity index (χ4v) is 3.10. The Balaban J connectivity index is 1.71. The lowest BCUT2D eigenvalue weighted by Gasteiger charge is -2.06. The minimum Gasteiger partial charge on any atom is -0.349 e. The molecule has 8 heteroatoms. The third-order valence-corrected chi connectivity index (χ3v) is 4.63. The van der Waals surface area contributed by atoms with Gasteiger partial charge in [0.25, 0.3) is 11.5 Å². The fraction of sp³-hybridized carbons (Fsp3) is 0.158. The molecule has 2 heterocycles. The van der Waals surface area contributed by atoms with Crippen molar-refractivity contribution in [1.29, 1.82) is 0 Å². The molecule has 7 nitrogen and oxygen atoms in total. The molecule has 0 radical (unpaired) electrons. The maximum atomic E-state index is 13.6. The van der Waals surface area contributed by atoms with E-state index in [4.69, 9.17) is 0 Å². The van der Waals surface area contributed by atoms with Crippen LogP contribution in [-0.4, -0.2) is 31.8 Å². The molecular weight excluding hydrogens is 349 g/mol. The van der Waals surface area contributed by atoms with Crippen molar-refractivity contribution in [2.45, 2.75) is 18.9 Å². The normalized spacial score (nSPS) is 14.0. The number of fused-ring (bicyclic) bond motifs is 3. The summed E-state index contributed by atoms with van der Waals surface area (Å²) in [5.41, 5.74) is 1.65. The average Bonchev–Trinajstić information content (AvgIpc) is 3.37. The third-order valence-electron chi connectivity index (χ3n) is 4.63. The van der Waals surface area contributed by atoms with Gasteiger partial charge in [0.05, 0.1) is 10.9 Å². The van der Waals surface area contributed by atoms with E-state index >= 15 is 0 Å². The van der Waals surface area contributed by atoms with Crippen LogP contribution >= 0.6 is 0 Å². The van der Waals surface area contributed by atoms with Crippen molar-refractivity contribution < 1.29 is 9.18 Å². The molecular formula is C19H14FN5O2. The summed E-state index contributed by atoms with van der Waals surface area (Å²) in [6.45, 7) is 0. The Kier molecular flexibility index (Phi) is 3.33. The number of carbonyl (C=O) groups excluding carboxylic acids is 1. The molecule has 0 unspecified atom stereocenters. The summed E-state index contributed by atoms with van der Waals surface area (Å²) in [7, 11) is 0. The standard InChI is InChI=1S/C19H14FN5O2/c20-12-3-1-2-10(8-12)16-17-22-19(27)14-7-4-11(18(26)21-13-5-6-13)9-15(14)25(17)24-23-16/h1-4,7-9,13,24H,5-6H2,(H,21,26). The summed E-state index contributed by atoms with van der Waals surface area (Å²) in [5.74, 6) is -0.585. The van der Waals surface area contributed by atoms with Gasteiger partial charge in [0.1, 0.15) is 11.5 Å². The van der Waals surface area contributed by atoms with Crippen molar-refractivity contribution in [2.24, 2.45) is 0 Å². The smallest absolute Gasteiger partial charge is 0.281 e. The number of nitrogens with one attached hydrogen (secondary N) is 2. The average molecular weight is 363 g/mol. The highest BCUT2D eigenvalue weighted by molar-refractivity contribution is 5.98. The zero-order chi connectivity index (χ0) is 18.5. The largest absolute Gasteiger partial charge is 0.349 e. The van der Waals surface area contributed by atoms with E-state index in [-0.39, 0.29) is 17.6 Å². The molecule has 1 fully saturated rings. The van der Waals surface area contributed by atoms with Gasteiger partial charge in [-0.25, -0.2) is 14.1 Å². The van der Waals surface area contributed by atoms with E-state index in [1.807, 2.05) is 0 Å². The molecule has 2 N–H and O–H groups in total. The topological polar surface area (TPSA) is 92.2 Å². The number of amides is 1. The van der Waals surface area contributed by atoms with E-state index in [2.05, 4.69) is 20.6 Å². The second-order valence-electron chi connectivity index (χ2n) is 6.63. The number of aromatic amines is 1. The van der Waals surface area contributed by atoms with Gasteiger partial charge in [-0.05, 0) is 43.2 Å².